The normalized spacial score (nSPS) is 10.9. The molecule has 0 radical (unpaired) electrons. The van der Waals surface area contributed by atoms with Crippen molar-refractivity contribution in [2.45, 2.75) is 4.21 Å². The number of thiophene rings is 1. The molecule has 2 aromatic rings. The Morgan fingerprint density at radius 3 is 2.57 bits per heavy atom. The molecular formula is C11H6BrN3O4S2. The van der Waals surface area contributed by atoms with Crippen molar-refractivity contribution < 1.29 is 13.3 Å². The zero-order valence-corrected chi connectivity index (χ0v) is 13.3. The van der Waals surface area contributed by atoms with Gasteiger partial charge in [0.15, 0.2) is 0 Å². The van der Waals surface area contributed by atoms with Crippen LogP contribution in [0.2, 0.25) is 0 Å². The Kier molecular flexibility index (Phi) is 4.26. The number of nitro groups is 1. The Bertz CT molecular complexity index is 855. The second kappa shape index (κ2) is 5.80. The highest BCUT2D eigenvalue weighted by molar-refractivity contribution is 9.11. The van der Waals surface area contributed by atoms with Crippen molar-refractivity contribution in [2.75, 3.05) is 4.72 Å². The van der Waals surface area contributed by atoms with E-state index in [4.69, 9.17) is 5.26 Å². The molecule has 0 saturated carbocycles. The van der Waals surface area contributed by atoms with Crippen LogP contribution in [0, 0.1) is 21.4 Å². The fourth-order valence-electron chi connectivity index (χ4n) is 1.48. The van der Waals surface area contributed by atoms with Gasteiger partial charge < -0.3 is 0 Å². The highest BCUT2D eigenvalue weighted by atomic mass is 79.9. The number of sulfonamides is 1. The molecule has 0 aliphatic rings. The molecule has 1 aromatic heterocycles. The lowest BCUT2D eigenvalue weighted by atomic mass is 10.2. The highest BCUT2D eigenvalue weighted by Crippen LogP contribution is 2.31. The standard InChI is InChI=1S/C11H6BrN3O4S2/c12-10-3-4-11(20-10)21(18,19)14-8-2-1-7(6-13)5-9(8)15(16)17/h1-5,14H. The third kappa shape index (κ3) is 3.38. The molecule has 21 heavy (non-hydrogen) atoms. The number of anilines is 1. The first kappa shape index (κ1) is 15.4. The summed E-state index contributed by atoms with van der Waals surface area (Å²) in [5.74, 6) is 0. The van der Waals surface area contributed by atoms with Crippen molar-refractivity contribution in [2.24, 2.45) is 0 Å². The maximum absolute atomic E-state index is 12.1. The van der Waals surface area contributed by atoms with Gasteiger partial charge in [0.05, 0.1) is 20.3 Å². The first-order chi connectivity index (χ1) is 9.83. The number of nitrogens with one attached hydrogen (secondary N) is 1. The Balaban J connectivity index is 2.44. The quantitative estimate of drug-likeness (QED) is 0.639. The summed E-state index contributed by atoms with van der Waals surface area (Å²) in [5, 5.41) is 19.7. The molecule has 2 rings (SSSR count). The molecule has 10 heteroatoms. The first-order valence-corrected chi connectivity index (χ1v) is 8.39. The van der Waals surface area contributed by atoms with Gasteiger partial charge in [-0.1, -0.05) is 0 Å². The van der Waals surface area contributed by atoms with Gasteiger partial charge in [0.25, 0.3) is 15.7 Å². The molecule has 1 heterocycles. The van der Waals surface area contributed by atoms with Crippen LogP contribution in [0.25, 0.3) is 0 Å². The van der Waals surface area contributed by atoms with Crippen LogP contribution in [0.3, 0.4) is 0 Å². The lowest BCUT2D eigenvalue weighted by Crippen LogP contribution is -2.12. The van der Waals surface area contributed by atoms with E-state index in [1.54, 1.807) is 12.1 Å². The number of halogens is 1. The summed E-state index contributed by atoms with van der Waals surface area (Å²) >= 11 is 4.13. The van der Waals surface area contributed by atoms with E-state index < -0.39 is 20.6 Å². The van der Waals surface area contributed by atoms with E-state index >= 15 is 0 Å². The molecule has 108 valence electrons. The summed E-state index contributed by atoms with van der Waals surface area (Å²) in [6, 6.07) is 8.21. The topological polar surface area (TPSA) is 113 Å². The molecule has 0 aliphatic heterocycles. The summed E-state index contributed by atoms with van der Waals surface area (Å²) in [6.07, 6.45) is 0. The van der Waals surface area contributed by atoms with E-state index in [1.807, 2.05) is 0 Å². The van der Waals surface area contributed by atoms with Crippen LogP contribution >= 0.6 is 27.3 Å². The molecule has 1 N–H and O–H groups in total. The molecule has 0 saturated heterocycles. The van der Waals surface area contributed by atoms with E-state index in [9.17, 15) is 18.5 Å². The predicted molar refractivity (Wildman–Crippen MR) is 80.6 cm³/mol. The smallest absolute Gasteiger partial charge is 0.272 e. The van der Waals surface area contributed by atoms with Gasteiger partial charge in [-0.05, 0) is 40.2 Å². The van der Waals surface area contributed by atoms with Crippen LogP contribution in [0.5, 0.6) is 0 Å². The lowest BCUT2D eigenvalue weighted by molar-refractivity contribution is -0.383. The van der Waals surface area contributed by atoms with Crippen LogP contribution < -0.4 is 4.72 Å². The van der Waals surface area contributed by atoms with Crippen molar-refractivity contribution in [1.82, 2.24) is 0 Å². The SMILES string of the molecule is N#Cc1ccc(NS(=O)(=O)c2ccc(Br)s2)c([N+](=O)[O-])c1. The number of hydrogen-bond acceptors (Lipinski definition) is 6. The van der Waals surface area contributed by atoms with E-state index in [2.05, 4.69) is 20.7 Å². The summed E-state index contributed by atoms with van der Waals surface area (Å²) in [4.78, 5) is 10.2. The van der Waals surface area contributed by atoms with Crippen LogP contribution in [0.15, 0.2) is 38.3 Å². The van der Waals surface area contributed by atoms with E-state index in [-0.39, 0.29) is 15.5 Å². The van der Waals surface area contributed by atoms with Gasteiger partial charge in [0, 0.05) is 6.07 Å². The van der Waals surface area contributed by atoms with Crippen LogP contribution in [0.1, 0.15) is 5.56 Å². The molecule has 0 fully saturated rings. The molecule has 0 spiro atoms. The van der Waals surface area contributed by atoms with Crippen molar-refractivity contribution >= 4 is 48.7 Å². The first-order valence-electron chi connectivity index (χ1n) is 5.30. The van der Waals surface area contributed by atoms with Gasteiger partial charge >= 0.3 is 0 Å². The summed E-state index contributed by atoms with van der Waals surface area (Å²) in [5.41, 5.74) is -0.597. The van der Waals surface area contributed by atoms with Gasteiger partial charge in [-0.15, -0.1) is 11.3 Å². The number of nitriles is 1. The zero-order chi connectivity index (χ0) is 15.6. The molecule has 0 amide bonds. The second-order valence-corrected chi connectivity index (χ2v) is 8.14. The maximum atomic E-state index is 12.1. The summed E-state index contributed by atoms with van der Waals surface area (Å²) in [6.45, 7) is 0. The molecule has 7 nitrogen and oxygen atoms in total. The average molecular weight is 388 g/mol. The van der Waals surface area contributed by atoms with Gasteiger partial charge in [-0.25, -0.2) is 8.42 Å². The monoisotopic (exact) mass is 387 g/mol. The minimum atomic E-state index is -3.92. The van der Waals surface area contributed by atoms with E-state index in [0.29, 0.717) is 3.79 Å². The average Bonchev–Trinajstić information content (AvgIpc) is 2.86. The van der Waals surface area contributed by atoms with Crippen LogP contribution in [-0.4, -0.2) is 13.3 Å². The Morgan fingerprint density at radius 1 is 1.33 bits per heavy atom. The molecular weight excluding hydrogens is 382 g/mol. The predicted octanol–water partition coefficient (Wildman–Crippen LogP) is 3.09. The van der Waals surface area contributed by atoms with Crippen molar-refractivity contribution in [1.29, 1.82) is 5.26 Å². The Hall–Kier alpha value is -1.96. The fourth-order valence-corrected chi connectivity index (χ4v) is 4.56. The number of rotatable bonds is 4. The Morgan fingerprint density at radius 2 is 2.05 bits per heavy atom. The highest BCUT2D eigenvalue weighted by Gasteiger charge is 2.22. The van der Waals surface area contributed by atoms with Crippen molar-refractivity contribution in [3.8, 4) is 6.07 Å². The third-order valence-corrected chi connectivity index (χ3v) is 5.86. The molecule has 0 bridgehead atoms. The number of benzene rings is 1. The maximum Gasteiger partial charge on any atom is 0.294 e. The third-order valence-electron chi connectivity index (χ3n) is 2.38. The fraction of sp³-hybridized carbons (Fsp3) is 0. The van der Waals surface area contributed by atoms with Gasteiger partial charge in [-0.3, -0.25) is 14.8 Å². The van der Waals surface area contributed by atoms with E-state index in [0.717, 1.165) is 17.4 Å². The zero-order valence-electron chi connectivity index (χ0n) is 10.1. The van der Waals surface area contributed by atoms with Crippen LogP contribution in [0.4, 0.5) is 11.4 Å². The largest absolute Gasteiger partial charge is 0.294 e. The van der Waals surface area contributed by atoms with E-state index in [1.165, 1.54) is 18.2 Å². The second-order valence-electron chi connectivity index (χ2n) is 3.76. The van der Waals surface area contributed by atoms with Gasteiger partial charge in [0.2, 0.25) is 0 Å². The van der Waals surface area contributed by atoms with Crippen molar-refractivity contribution in [3.63, 3.8) is 0 Å². The minimum absolute atomic E-state index is 0.0213. The summed E-state index contributed by atoms with van der Waals surface area (Å²) in [7, 11) is -3.92. The van der Waals surface area contributed by atoms with Gasteiger partial charge in [0.1, 0.15) is 9.90 Å². The molecule has 0 unspecified atom stereocenters. The number of nitro benzene ring substituents is 1. The van der Waals surface area contributed by atoms with Crippen LogP contribution in [-0.2, 0) is 10.0 Å². The van der Waals surface area contributed by atoms with Gasteiger partial charge in [-0.2, -0.15) is 5.26 Å². The molecule has 0 atom stereocenters. The molecule has 0 aliphatic carbocycles. The van der Waals surface area contributed by atoms with Crippen molar-refractivity contribution in [3.05, 3.63) is 49.8 Å². The number of hydrogen-bond donors (Lipinski definition) is 1. The molecule has 1 aromatic carbocycles. The number of nitrogens with zero attached hydrogens (tertiary/aromatic N) is 2. The minimum Gasteiger partial charge on any atom is -0.272 e. The summed E-state index contributed by atoms with van der Waals surface area (Å²) < 4.78 is 27.1. The lowest BCUT2D eigenvalue weighted by Gasteiger charge is -2.06. The Labute approximate surface area is 132 Å².